The summed E-state index contributed by atoms with van der Waals surface area (Å²) < 4.78 is 23.4. The van der Waals surface area contributed by atoms with Gasteiger partial charge in [0, 0.05) is 32.3 Å². The summed E-state index contributed by atoms with van der Waals surface area (Å²) in [7, 11) is -1.12. The van der Waals surface area contributed by atoms with Crippen LogP contribution in [0.5, 0.6) is 0 Å². The molecule has 6 heteroatoms. The second-order valence-corrected chi connectivity index (χ2v) is 14.8. The molecule has 0 saturated carbocycles. The summed E-state index contributed by atoms with van der Waals surface area (Å²) in [5.41, 5.74) is 2.90. The average Bonchev–Trinajstić information content (AvgIpc) is 2.83. The van der Waals surface area contributed by atoms with Gasteiger partial charge < -0.3 is 9.30 Å². The zero-order chi connectivity index (χ0) is 18.2. The standard InChI is InChI=1S/C19H28BrFN2OSi/c1-14-10-17(20)18(21)19-16(14)11-15(12-22-6-5-7-22)23(19)13-24-8-9-25(2,3)4/h10-11H,5-9,12-13H2,1-4H3. The smallest absolute Gasteiger partial charge is 0.161 e. The first-order valence-corrected chi connectivity index (χ1v) is 13.5. The summed E-state index contributed by atoms with van der Waals surface area (Å²) in [4.78, 5) is 2.40. The van der Waals surface area contributed by atoms with Gasteiger partial charge in [0.1, 0.15) is 6.73 Å². The summed E-state index contributed by atoms with van der Waals surface area (Å²) in [6.45, 7) is 13.4. The van der Waals surface area contributed by atoms with E-state index in [-0.39, 0.29) is 5.82 Å². The maximum Gasteiger partial charge on any atom is 0.161 e. The fourth-order valence-electron chi connectivity index (χ4n) is 3.17. The van der Waals surface area contributed by atoms with Crippen molar-refractivity contribution in [1.82, 2.24) is 9.47 Å². The van der Waals surface area contributed by atoms with Gasteiger partial charge in [0.05, 0.1) is 9.99 Å². The van der Waals surface area contributed by atoms with Gasteiger partial charge in [-0.05, 0) is 66.1 Å². The SMILES string of the molecule is Cc1cc(Br)c(F)c2c1cc(CN1CCC1)n2COCC[Si](C)(C)C. The molecule has 1 aliphatic heterocycles. The van der Waals surface area contributed by atoms with Crippen LogP contribution in [0.2, 0.25) is 25.7 Å². The first kappa shape index (κ1) is 19.1. The third-order valence-corrected chi connectivity index (χ3v) is 7.20. The summed E-state index contributed by atoms with van der Waals surface area (Å²) in [6, 6.07) is 5.13. The molecule has 0 amide bonds. The van der Waals surface area contributed by atoms with E-state index in [1.807, 2.05) is 17.6 Å². The molecule has 0 N–H and O–H groups in total. The number of halogens is 2. The molecule has 3 nitrogen and oxygen atoms in total. The normalized spacial score (nSPS) is 15.8. The third-order valence-electron chi connectivity index (χ3n) is 4.92. The Balaban J connectivity index is 1.90. The van der Waals surface area contributed by atoms with Gasteiger partial charge in [0.2, 0.25) is 0 Å². The second kappa shape index (κ2) is 7.51. The van der Waals surface area contributed by atoms with Crippen LogP contribution < -0.4 is 0 Å². The lowest BCUT2D eigenvalue weighted by Crippen LogP contribution is -2.37. The minimum Gasteiger partial charge on any atom is -0.361 e. The van der Waals surface area contributed by atoms with Crippen molar-refractivity contribution in [1.29, 1.82) is 0 Å². The second-order valence-electron chi connectivity index (χ2n) is 8.29. The first-order valence-electron chi connectivity index (χ1n) is 9.03. The van der Waals surface area contributed by atoms with E-state index < -0.39 is 8.07 Å². The molecule has 2 aromatic rings. The van der Waals surface area contributed by atoms with Crippen LogP contribution in [0.1, 0.15) is 17.7 Å². The number of hydrogen-bond donors (Lipinski definition) is 0. The van der Waals surface area contributed by atoms with Crippen LogP contribution in [-0.4, -0.2) is 37.2 Å². The van der Waals surface area contributed by atoms with Gasteiger partial charge in [-0.3, -0.25) is 4.90 Å². The van der Waals surface area contributed by atoms with Crippen LogP contribution in [0.15, 0.2) is 16.6 Å². The lowest BCUT2D eigenvalue weighted by atomic mass is 10.1. The van der Waals surface area contributed by atoms with Crippen molar-refractivity contribution < 1.29 is 9.13 Å². The molecular weight excluding hydrogens is 399 g/mol. The number of aromatic nitrogens is 1. The number of likely N-dealkylation sites (tertiary alicyclic amines) is 1. The van der Waals surface area contributed by atoms with Gasteiger partial charge in [0.15, 0.2) is 5.82 Å². The number of aryl methyl sites for hydroxylation is 1. The largest absolute Gasteiger partial charge is 0.361 e. The van der Waals surface area contributed by atoms with Gasteiger partial charge in [-0.15, -0.1) is 0 Å². The van der Waals surface area contributed by atoms with Crippen LogP contribution in [0.25, 0.3) is 10.9 Å². The molecule has 25 heavy (non-hydrogen) atoms. The van der Waals surface area contributed by atoms with E-state index in [4.69, 9.17) is 4.74 Å². The van der Waals surface area contributed by atoms with Gasteiger partial charge in [-0.1, -0.05) is 19.6 Å². The molecule has 3 rings (SSSR count). The Morgan fingerprint density at radius 3 is 2.56 bits per heavy atom. The fraction of sp³-hybridized carbons (Fsp3) is 0.579. The van der Waals surface area contributed by atoms with Crippen molar-refractivity contribution in [2.75, 3.05) is 19.7 Å². The number of rotatable bonds is 7. The lowest BCUT2D eigenvalue weighted by molar-refractivity contribution is 0.0838. The molecule has 0 atom stereocenters. The predicted molar refractivity (Wildman–Crippen MR) is 108 cm³/mol. The molecule has 1 aromatic heterocycles. The van der Waals surface area contributed by atoms with Crippen molar-refractivity contribution in [2.24, 2.45) is 0 Å². The Morgan fingerprint density at radius 1 is 1.24 bits per heavy atom. The lowest BCUT2D eigenvalue weighted by Gasteiger charge is -2.31. The number of nitrogens with zero attached hydrogens (tertiary/aromatic N) is 2. The van der Waals surface area contributed by atoms with E-state index in [1.54, 1.807) is 0 Å². The molecule has 2 heterocycles. The maximum atomic E-state index is 14.9. The highest BCUT2D eigenvalue weighted by Crippen LogP contribution is 2.32. The van der Waals surface area contributed by atoms with Gasteiger partial charge in [-0.25, -0.2) is 4.39 Å². The van der Waals surface area contributed by atoms with E-state index >= 15 is 0 Å². The van der Waals surface area contributed by atoms with Gasteiger partial charge >= 0.3 is 0 Å². The quantitative estimate of drug-likeness (QED) is 0.437. The zero-order valence-corrected chi connectivity index (χ0v) is 18.2. The van der Waals surface area contributed by atoms with Gasteiger partial charge in [-0.2, -0.15) is 0 Å². The van der Waals surface area contributed by atoms with E-state index in [2.05, 4.69) is 46.5 Å². The first-order chi connectivity index (χ1) is 11.8. The Labute approximate surface area is 159 Å². The summed E-state index contributed by atoms with van der Waals surface area (Å²) >= 11 is 3.36. The highest BCUT2D eigenvalue weighted by molar-refractivity contribution is 9.10. The Bertz CT molecular complexity index is 765. The van der Waals surface area contributed by atoms with Crippen LogP contribution in [-0.2, 0) is 18.0 Å². The Hall–Kier alpha value is -0.693. The predicted octanol–water partition coefficient (Wildman–Crippen LogP) is 5.37. The van der Waals surface area contributed by atoms with Crippen molar-refractivity contribution in [3.63, 3.8) is 0 Å². The van der Waals surface area contributed by atoms with Crippen LogP contribution in [0.3, 0.4) is 0 Å². The average molecular weight is 427 g/mol. The van der Waals surface area contributed by atoms with E-state index in [0.29, 0.717) is 16.7 Å². The molecule has 1 saturated heterocycles. The highest BCUT2D eigenvalue weighted by atomic mass is 79.9. The molecule has 1 aromatic carbocycles. The van der Waals surface area contributed by atoms with E-state index in [9.17, 15) is 4.39 Å². The van der Waals surface area contributed by atoms with Crippen molar-refractivity contribution in [2.45, 2.75) is 52.3 Å². The molecule has 1 fully saturated rings. The molecule has 0 spiro atoms. The maximum absolute atomic E-state index is 14.9. The molecule has 0 radical (unpaired) electrons. The van der Waals surface area contributed by atoms with Crippen molar-refractivity contribution in [3.05, 3.63) is 33.7 Å². The number of fused-ring (bicyclic) bond motifs is 1. The molecular formula is C19H28BrFN2OSi. The number of hydrogen-bond acceptors (Lipinski definition) is 2. The number of ether oxygens (including phenoxy) is 1. The Kier molecular flexibility index (Phi) is 5.73. The molecule has 0 unspecified atom stereocenters. The number of benzene rings is 1. The van der Waals surface area contributed by atoms with E-state index in [0.717, 1.165) is 48.9 Å². The molecule has 138 valence electrons. The summed E-state index contributed by atoms with van der Waals surface area (Å²) in [5.74, 6) is -0.191. The van der Waals surface area contributed by atoms with E-state index in [1.165, 1.54) is 6.42 Å². The van der Waals surface area contributed by atoms with Crippen molar-refractivity contribution in [3.8, 4) is 0 Å². The molecule has 0 aliphatic carbocycles. The van der Waals surface area contributed by atoms with Gasteiger partial charge in [0.25, 0.3) is 0 Å². The van der Waals surface area contributed by atoms with Crippen LogP contribution in [0.4, 0.5) is 4.39 Å². The summed E-state index contributed by atoms with van der Waals surface area (Å²) in [6.07, 6.45) is 1.26. The minimum absolute atomic E-state index is 0.191. The van der Waals surface area contributed by atoms with Crippen molar-refractivity contribution >= 4 is 34.9 Å². The molecule has 0 bridgehead atoms. The zero-order valence-electron chi connectivity index (χ0n) is 15.7. The van der Waals surface area contributed by atoms with Crippen LogP contribution in [0, 0.1) is 12.7 Å². The highest BCUT2D eigenvalue weighted by Gasteiger charge is 2.21. The Morgan fingerprint density at radius 2 is 1.96 bits per heavy atom. The summed E-state index contributed by atoms with van der Waals surface area (Å²) in [5, 5.41) is 0.991. The molecule has 1 aliphatic rings. The topological polar surface area (TPSA) is 17.4 Å². The minimum atomic E-state index is -1.12. The monoisotopic (exact) mass is 426 g/mol. The third kappa shape index (κ3) is 4.35. The fourth-order valence-corrected chi connectivity index (χ4v) is 4.45. The van der Waals surface area contributed by atoms with Crippen LogP contribution >= 0.6 is 15.9 Å².